The summed E-state index contributed by atoms with van der Waals surface area (Å²) in [4.78, 5) is 23.8. The van der Waals surface area contributed by atoms with Crippen molar-refractivity contribution in [3.05, 3.63) is 83.9 Å². The molecule has 0 amide bonds. The lowest BCUT2D eigenvalue weighted by atomic mass is 9.72. The Morgan fingerprint density at radius 1 is 0.897 bits per heavy atom. The van der Waals surface area contributed by atoms with Crippen LogP contribution >= 0.6 is 0 Å². The van der Waals surface area contributed by atoms with E-state index < -0.39 is 0 Å². The number of hydrogen-bond donors (Lipinski definition) is 1. The molecule has 39 heavy (non-hydrogen) atoms. The standard InChI is InChI=1S/C33H38N4O2/c1-3-36(4-2)26-15-11-24(12-16-26)33-32-30(34-28-7-5-6-8-29(28)35-33)21-25(22-31(32)38)23-9-13-27(14-10-23)37-17-19-39-20-18-37/h5-16,25,32-33,35H,3-4,17-22H2,1-2H3. The smallest absolute Gasteiger partial charge is 0.144 e. The van der Waals surface area contributed by atoms with Crippen LogP contribution in [0.4, 0.5) is 22.7 Å². The fourth-order valence-corrected chi connectivity index (χ4v) is 6.37. The first-order valence-corrected chi connectivity index (χ1v) is 14.4. The molecule has 202 valence electrons. The van der Waals surface area contributed by atoms with Crippen LogP contribution in [-0.4, -0.2) is 50.9 Å². The third-order valence-electron chi connectivity index (χ3n) is 8.54. The molecule has 6 nitrogen and oxygen atoms in total. The third-order valence-corrected chi connectivity index (χ3v) is 8.54. The molecule has 0 aromatic heterocycles. The second kappa shape index (κ2) is 11.2. The van der Waals surface area contributed by atoms with Gasteiger partial charge in [-0.1, -0.05) is 36.4 Å². The van der Waals surface area contributed by atoms with E-state index in [1.807, 2.05) is 18.2 Å². The van der Waals surface area contributed by atoms with Crippen molar-refractivity contribution in [1.29, 1.82) is 0 Å². The number of ether oxygens (including phenoxy) is 1. The molecule has 1 N–H and O–H groups in total. The van der Waals surface area contributed by atoms with Crippen molar-refractivity contribution in [1.82, 2.24) is 0 Å². The van der Waals surface area contributed by atoms with E-state index in [0.717, 1.165) is 68.5 Å². The zero-order valence-electron chi connectivity index (χ0n) is 23.0. The second-order valence-corrected chi connectivity index (χ2v) is 10.7. The Morgan fingerprint density at radius 3 is 2.31 bits per heavy atom. The predicted octanol–water partition coefficient (Wildman–Crippen LogP) is 6.37. The van der Waals surface area contributed by atoms with Gasteiger partial charge in [0.05, 0.1) is 36.5 Å². The van der Waals surface area contributed by atoms with Crippen molar-refractivity contribution in [2.24, 2.45) is 10.9 Å². The summed E-state index contributed by atoms with van der Waals surface area (Å²) < 4.78 is 5.50. The first-order valence-electron chi connectivity index (χ1n) is 14.4. The van der Waals surface area contributed by atoms with E-state index in [2.05, 4.69) is 83.6 Å². The molecule has 2 heterocycles. The van der Waals surface area contributed by atoms with E-state index in [0.29, 0.717) is 6.42 Å². The molecule has 0 radical (unpaired) electrons. The Labute approximate surface area is 231 Å². The fraction of sp³-hybridized carbons (Fsp3) is 0.394. The summed E-state index contributed by atoms with van der Waals surface area (Å²) in [6.07, 6.45) is 1.32. The average molecular weight is 523 g/mol. The van der Waals surface area contributed by atoms with Gasteiger partial charge in [0.1, 0.15) is 5.78 Å². The van der Waals surface area contributed by atoms with Crippen molar-refractivity contribution in [2.45, 2.75) is 38.6 Å². The molecule has 2 aliphatic heterocycles. The average Bonchev–Trinajstić information content (AvgIpc) is 3.16. The minimum absolute atomic E-state index is 0.141. The van der Waals surface area contributed by atoms with Gasteiger partial charge in [0.2, 0.25) is 0 Å². The molecule has 0 bridgehead atoms. The number of hydrogen-bond acceptors (Lipinski definition) is 6. The van der Waals surface area contributed by atoms with Gasteiger partial charge in [-0.15, -0.1) is 0 Å². The highest BCUT2D eigenvalue weighted by Gasteiger charge is 2.41. The van der Waals surface area contributed by atoms with E-state index >= 15 is 0 Å². The van der Waals surface area contributed by atoms with Gasteiger partial charge in [-0.2, -0.15) is 0 Å². The van der Waals surface area contributed by atoms with Gasteiger partial charge in [-0.05, 0) is 73.7 Å². The molecule has 1 saturated heterocycles. The summed E-state index contributed by atoms with van der Waals surface area (Å²) in [7, 11) is 0. The maximum atomic E-state index is 13.9. The Hall–Kier alpha value is -3.64. The number of nitrogens with zero attached hydrogens (tertiary/aromatic N) is 3. The summed E-state index contributed by atoms with van der Waals surface area (Å²) in [5, 5.41) is 3.72. The topological polar surface area (TPSA) is 57.2 Å². The van der Waals surface area contributed by atoms with Crippen molar-refractivity contribution in [3.8, 4) is 0 Å². The van der Waals surface area contributed by atoms with Crippen LogP contribution < -0.4 is 15.1 Å². The lowest BCUT2D eigenvalue weighted by Crippen LogP contribution is -2.38. The van der Waals surface area contributed by atoms with Crippen LogP contribution in [0.3, 0.4) is 0 Å². The van der Waals surface area contributed by atoms with Crippen LogP contribution in [0.15, 0.2) is 77.8 Å². The zero-order chi connectivity index (χ0) is 26.8. The monoisotopic (exact) mass is 522 g/mol. The van der Waals surface area contributed by atoms with E-state index in [9.17, 15) is 4.79 Å². The Morgan fingerprint density at radius 2 is 1.59 bits per heavy atom. The molecule has 1 saturated carbocycles. The summed E-state index contributed by atoms with van der Waals surface area (Å²) in [6.45, 7) is 9.68. The molecule has 3 aliphatic rings. The van der Waals surface area contributed by atoms with Crippen molar-refractivity contribution < 1.29 is 9.53 Å². The fourth-order valence-electron chi connectivity index (χ4n) is 6.37. The van der Waals surface area contributed by atoms with Crippen LogP contribution in [0.25, 0.3) is 0 Å². The van der Waals surface area contributed by atoms with Crippen molar-refractivity contribution in [2.75, 3.05) is 54.5 Å². The van der Waals surface area contributed by atoms with Gasteiger partial charge in [-0.3, -0.25) is 9.79 Å². The first-order chi connectivity index (χ1) is 19.1. The van der Waals surface area contributed by atoms with Gasteiger partial charge in [0.15, 0.2) is 0 Å². The maximum absolute atomic E-state index is 13.9. The van der Waals surface area contributed by atoms with Gasteiger partial charge in [-0.25, -0.2) is 0 Å². The first kappa shape index (κ1) is 25.6. The minimum atomic E-state index is -0.277. The molecule has 3 atom stereocenters. The number of para-hydroxylation sites is 2. The molecular formula is C33H38N4O2. The molecule has 6 heteroatoms. The predicted molar refractivity (Wildman–Crippen MR) is 160 cm³/mol. The number of carbonyl (C=O) groups excluding carboxylic acids is 1. The number of fused-ring (bicyclic) bond motifs is 2. The maximum Gasteiger partial charge on any atom is 0.144 e. The van der Waals surface area contributed by atoms with E-state index in [1.165, 1.54) is 16.9 Å². The van der Waals surface area contributed by atoms with Gasteiger partial charge in [0.25, 0.3) is 0 Å². The van der Waals surface area contributed by atoms with Crippen LogP contribution in [0.5, 0.6) is 0 Å². The van der Waals surface area contributed by atoms with Crippen LogP contribution in [0, 0.1) is 5.92 Å². The summed E-state index contributed by atoms with van der Waals surface area (Å²) >= 11 is 0. The van der Waals surface area contributed by atoms with E-state index in [4.69, 9.17) is 9.73 Å². The number of rotatable bonds is 6. The highest BCUT2D eigenvalue weighted by Crippen LogP contribution is 2.44. The van der Waals surface area contributed by atoms with E-state index in [-0.39, 0.29) is 23.7 Å². The quantitative estimate of drug-likeness (QED) is 0.408. The number of anilines is 3. The van der Waals surface area contributed by atoms with Crippen molar-refractivity contribution >= 4 is 34.2 Å². The molecule has 3 aromatic rings. The Balaban J connectivity index is 1.30. The number of carbonyl (C=O) groups is 1. The molecule has 0 spiro atoms. The molecule has 6 rings (SSSR count). The van der Waals surface area contributed by atoms with E-state index in [1.54, 1.807) is 0 Å². The van der Waals surface area contributed by atoms with Crippen LogP contribution in [0.1, 0.15) is 49.8 Å². The number of nitrogens with one attached hydrogen (secondary N) is 1. The molecule has 3 aromatic carbocycles. The highest BCUT2D eigenvalue weighted by atomic mass is 16.5. The SMILES string of the molecule is CCN(CC)c1ccc(C2Nc3ccccc3N=C3CC(c4ccc(N5CCOCC5)cc4)CC(=O)C32)cc1. The van der Waals surface area contributed by atoms with Gasteiger partial charge in [0, 0.05) is 49.7 Å². The van der Waals surface area contributed by atoms with Crippen LogP contribution in [0.2, 0.25) is 0 Å². The number of Topliss-reactive ketones (excluding diaryl/α,β-unsaturated/α-hetero) is 1. The molecule has 2 fully saturated rings. The summed E-state index contributed by atoms with van der Waals surface area (Å²) in [5.74, 6) is 0.128. The Bertz CT molecular complexity index is 1320. The molecule has 1 aliphatic carbocycles. The number of morpholine rings is 1. The van der Waals surface area contributed by atoms with Gasteiger partial charge >= 0.3 is 0 Å². The largest absolute Gasteiger partial charge is 0.378 e. The second-order valence-electron chi connectivity index (χ2n) is 10.7. The summed E-state index contributed by atoms with van der Waals surface area (Å²) in [6, 6.07) is 25.6. The van der Waals surface area contributed by atoms with Gasteiger partial charge < -0.3 is 19.9 Å². The molecule has 3 unspecified atom stereocenters. The molecular weight excluding hydrogens is 484 g/mol. The minimum Gasteiger partial charge on any atom is -0.378 e. The lowest BCUT2D eigenvalue weighted by molar-refractivity contribution is -0.122. The normalized spacial score (nSPS) is 22.7. The number of ketones is 1. The Kier molecular flexibility index (Phi) is 7.38. The third kappa shape index (κ3) is 5.18. The number of aliphatic imine (C=N–C) groups is 1. The summed E-state index contributed by atoms with van der Waals surface area (Å²) in [5.41, 5.74) is 7.66. The number of benzene rings is 3. The van der Waals surface area contributed by atoms with Crippen LogP contribution in [-0.2, 0) is 9.53 Å². The zero-order valence-corrected chi connectivity index (χ0v) is 23.0. The van der Waals surface area contributed by atoms with Crippen molar-refractivity contribution in [3.63, 3.8) is 0 Å². The highest BCUT2D eigenvalue weighted by molar-refractivity contribution is 6.10. The lowest BCUT2D eigenvalue weighted by Gasteiger charge is -2.34.